The molecule has 1 saturated heterocycles. The lowest BCUT2D eigenvalue weighted by atomic mass is 9.84. The summed E-state index contributed by atoms with van der Waals surface area (Å²) < 4.78 is 37.4. The zero-order valence-corrected chi connectivity index (χ0v) is 11.5. The van der Waals surface area contributed by atoms with Crippen LogP contribution in [-0.4, -0.2) is 43.1 Å². The predicted octanol–water partition coefficient (Wildman–Crippen LogP) is 2.43. The second-order valence-corrected chi connectivity index (χ2v) is 5.04. The average Bonchev–Trinajstić information content (AvgIpc) is 2.29. The number of halogens is 3. The second-order valence-electron chi connectivity index (χ2n) is 5.04. The largest absolute Gasteiger partial charge is 0.490 e. The molecule has 4 nitrogen and oxygen atoms in total. The Bertz CT molecular complexity index is 274. The second kappa shape index (κ2) is 7.69. The third-order valence-corrected chi connectivity index (χ3v) is 2.97. The monoisotopic (exact) mass is 285 g/mol. The molecule has 19 heavy (non-hydrogen) atoms. The van der Waals surface area contributed by atoms with Crippen LogP contribution in [-0.2, 0) is 9.53 Å². The Kier molecular flexibility index (Phi) is 7.36. The summed E-state index contributed by atoms with van der Waals surface area (Å²) in [6.07, 6.45) is -1.55. The van der Waals surface area contributed by atoms with E-state index in [0.717, 1.165) is 19.0 Å². The van der Waals surface area contributed by atoms with Crippen molar-refractivity contribution in [1.29, 1.82) is 0 Å². The number of rotatable bonds is 3. The van der Waals surface area contributed by atoms with Crippen LogP contribution >= 0.6 is 0 Å². The maximum absolute atomic E-state index is 10.6. The van der Waals surface area contributed by atoms with Crippen LogP contribution in [0.3, 0.4) is 0 Å². The van der Waals surface area contributed by atoms with Gasteiger partial charge in [0.1, 0.15) is 0 Å². The van der Waals surface area contributed by atoms with Crippen LogP contribution in [0.4, 0.5) is 13.2 Å². The number of carboxylic acid groups (broad SMARTS) is 1. The van der Waals surface area contributed by atoms with E-state index in [1.54, 1.807) is 0 Å². The first-order chi connectivity index (χ1) is 8.63. The first-order valence-electron chi connectivity index (χ1n) is 6.19. The van der Waals surface area contributed by atoms with Crippen LogP contribution in [0.15, 0.2) is 0 Å². The van der Waals surface area contributed by atoms with Crippen LogP contribution < -0.4 is 5.32 Å². The van der Waals surface area contributed by atoms with Crippen LogP contribution in [0.5, 0.6) is 0 Å². The van der Waals surface area contributed by atoms with Gasteiger partial charge in [0, 0.05) is 7.11 Å². The minimum absolute atomic E-state index is 0.180. The van der Waals surface area contributed by atoms with Crippen molar-refractivity contribution in [2.45, 2.75) is 44.9 Å². The number of hydrogen-bond acceptors (Lipinski definition) is 3. The van der Waals surface area contributed by atoms with Gasteiger partial charge in [0.2, 0.25) is 0 Å². The van der Waals surface area contributed by atoms with Crippen molar-refractivity contribution in [1.82, 2.24) is 5.32 Å². The molecule has 0 spiro atoms. The number of nitrogens with one attached hydrogen (secondary N) is 1. The van der Waals surface area contributed by atoms with Gasteiger partial charge >= 0.3 is 12.1 Å². The molecular formula is C12H22F3NO3. The molecule has 0 aromatic rings. The summed E-state index contributed by atoms with van der Waals surface area (Å²) in [6, 6.07) is 0. The van der Waals surface area contributed by atoms with Gasteiger partial charge in [-0.15, -0.1) is 0 Å². The molecule has 0 aliphatic carbocycles. The highest BCUT2D eigenvalue weighted by Crippen LogP contribution is 2.29. The molecular weight excluding hydrogens is 263 g/mol. The highest BCUT2D eigenvalue weighted by molar-refractivity contribution is 5.73. The van der Waals surface area contributed by atoms with Crippen molar-refractivity contribution < 1.29 is 27.8 Å². The summed E-state index contributed by atoms with van der Waals surface area (Å²) in [5, 5.41) is 10.5. The SMILES string of the molecule is COC1(CC(C)C)CCNCC1.O=C(O)C(F)(F)F. The molecule has 0 unspecified atom stereocenters. The van der Waals surface area contributed by atoms with E-state index in [4.69, 9.17) is 14.6 Å². The van der Waals surface area contributed by atoms with Crippen molar-refractivity contribution >= 4 is 5.97 Å². The van der Waals surface area contributed by atoms with E-state index in [1.165, 1.54) is 19.3 Å². The fourth-order valence-electron chi connectivity index (χ4n) is 2.12. The quantitative estimate of drug-likeness (QED) is 0.836. The highest BCUT2D eigenvalue weighted by Gasteiger charge is 2.38. The van der Waals surface area contributed by atoms with Gasteiger partial charge < -0.3 is 15.2 Å². The molecule has 1 rings (SSSR count). The average molecular weight is 285 g/mol. The smallest absolute Gasteiger partial charge is 0.475 e. The Morgan fingerprint density at radius 3 is 2.05 bits per heavy atom. The number of carboxylic acids is 1. The molecule has 1 aliphatic rings. The zero-order chi connectivity index (χ0) is 15.1. The van der Waals surface area contributed by atoms with Gasteiger partial charge in [-0.1, -0.05) is 13.8 Å². The first kappa shape index (κ1) is 18.2. The fraction of sp³-hybridized carbons (Fsp3) is 0.917. The molecule has 7 heteroatoms. The minimum Gasteiger partial charge on any atom is -0.475 e. The van der Waals surface area contributed by atoms with Crippen molar-refractivity contribution in [2.24, 2.45) is 5.92 Å². The molecule has 0 bridgehead atoms. The van der Waals surface area contributed by atoms with Crippen LogP contribution in [0.25, 0.3) is 0 Å². The molecule has 0 aromatic carbocycles. The number of aliphatic carboxylic acids is 1. The lowest BCUT2D eigenvalue weighted by molar-refractivity contribution is -0.192. The molecule has 0 saturated carbocycles. The molecule has 1 fully saturated rings. The number of methoxy groups -OCH3 is 1. The standard InChI is InChI=1S/C10H21NO.C2HF3O2/c1-9(2)8-10(12-3)4-6-11-7-5-10;3-2(4,5)1(6)7/h9,11H,4-8H2,1-3H3;(H,6,7). The van der Waals surface area contributed by atoms with Gasteiger partial charge in [-0.3, -0.25) is 0 Å². The summed E-state index contributed by atoms with van der Waals surface area (Å²) in [5.41, 5.74) is 0.180. The molecule has 0 aromatic heterocycles. The van der Waals surface area contributed by atoms with Gasteiger partial charge in [0.05, 0.1) is 5.60 Å². The number of carbonyl (C=O) groups is 1. The summed E-state index contributed by atoms with van der Waals surface area (Å²) in [7, 11) is 1.85. The van der Waals surface area contributed by atoms with E-state index in [0.29, 0.717) is 0 Å². The third kappa shape index (κ3) is 7.37. The topological polar surface area (TPSA) is 58.6 Å². The molecule has 114 valence electrons. The maximum Gasteiger partial charge on any atom is 0.490 e. The van der Waals surface area contributed by atoms with Crippen LogP contribution in [0.1, 0.15) is 33.1 Å². The first-order valence-corrected chi connectivity index (χ1v) is 6.19. The van der Waals surface area contributed by atoms with Crippen molar-refractivity contribution in [2.75, 3.05) is 20.2 Å². The molecule has 1 heterocycles. The summed E-state index contributed by atoms with van der Waals surface area (Å²) >= 11 is 0. The number of piperidine rings is 1. The van der Waals surface area contributed by atoms with Crippen molar-refractivity contribution in [3.63, 3.8) is 0 Å². The molecule has 2 N–H and O–H groups in total. The summed E-state index contributed by atoms with van der Waals surface area (Å²) in [6.45, 7) is 6.76. The van der Waals surface area contributed by atoms with Gasteiger partial charge in [0.15, 0.2) is 0 Å². The number of alkyl halides is 3. The van der Waals surface area contributed by atoms with E-state index in [-0.39, 0.29) is 5.60 Å². The van der Waals surface area contributed by atoms with E-state index < -0.39 is 12.1 Å². The highest BCUT2D eigenvalue weighted by atomic mass is 19.4. The molecule has 0 amide bonds. The van der Waals surface area contributed by atoms with Gasteiger partial charge in [-0.2, -0.15) is 13.2 Å². The molecule has 0 radical (unpaired) electrons. The number of hydrogen-bond donors (Lipinski definition) is 2. The van der Waals surface area contributed by atoms with E-state index in [2.05, 4.69) is 19.2 Å². The van der Waals surface area contributed by atoms with E-state index in [9.17, 15) is 13.2 Å². The Morgan fingerprint density at radius 2 is 1.79 bits per heavy atom. The predicted molar refractivity (Wildman–Crippen MR) is 65.0 cm³/mol. The summed E-state index contributed by atoms with van der Waals surface area (Å²) in [4.78, 5) is 8.90. The normalized spacial score (nSPS) is 18.7. The third-order valence-electron chi connectivity index (χ3n) is 2.97. The van der Waals surface area contributed by atoms with Gasteiger partial charge in [0.25, 0.3) is 0 Å². The zero-order valence-electron chi connectivity index (χ0n) is 11.5. The van der Waals surface area contributed by atoms with Crippen molar-refractivity contribution in [3.05, 3.63) is 0 Å². The Morgan fingerprint density at radius 1 is 1.37 bits per heavy atom. The Labute approximate surface area is 111 Å². The number of ether oxygens (including phenoxy) is 1. The van der Waals surface area contributed by atoms with Gasteiger partial charge in [-0.25, -0.2) is 4.79 Å². The van der Waals surface area contributed by atoms with E-state index >= 15 is 0 Å². The Balaban J connectivity index is 0.000000399. The molecule has 0 atom stereocenters. The minimum atomic E-state index is -5.08. The molecule has 1 aliphatic heterocycles. The summed E-state index contributed by atoms with van der Waals surface area (Å²) in [5.74, 6) is -2.02. The van der Waals surface area contributed by atoms with Crippen LogP contribution in [0.2, 0.25) is 0 Å². The van der Waals surface area contributed by atoms with Crippen LogP contribution in [0, 0.1) is 5.92 Å². The van der Waals surface area contributed by atoms with Crippen molar-refractivity contribution in [3.8, 4) is 0 Å². The Hall–Kier alpha value is -0.820. The fourth-order valence-corrected chi connectivity index (χ4v) is 2.12. The lowest BCUT2D eigenvalue weighted by Crippen LogP contribution is -2.44. The van der Waals surface area contributed by atoms with Gasteiger partial charge in [-0.05, 0) is 38.3 Å². The van der Waals surface area contributed by atoms with E-state index in [1.807, 2.05) is 7.11 Å². The maximum atomic E-state index is 10.6. The lowest BCUT2D eigenvalue weighted by Gasteiger charge is -2.37.